The summed E-state index contributed by atoms with van der Waals surface area (Å²) in [6.45, 7) is 2.02. The molecule has 0 saturated heterocycles. The van der Waals surface area contributed by atoms with Gasteiger partial charge in [-0.3, -0.25) is 4.98 Å². The van der Waals surface area contributed by atoms with Crippen LogP contribution in [0, 0.1) is 0 Å². The lowest BCUT2D eigenvalue weighted by Gasteiger charge is -2.12. The van der Waals surface area contributed by atoms with Crippen molar-refractivity contribution in [2.24, 2.45) is 0 Å². The van der Waals surface area contributed by atoms with Crippen molar-refractivity contribution in [2.75, 3.05) is 14.2 Å². The molecule has 0 aliphatic carbocycles. The summed E-state index contributed by atoms with van der Waals surface area (Å²) in [5, 5.41) is 0. The molecule has 18 heavy (non-hydrogen) atoms. The van der Waals surface area contributed by atoms with E-state index in [1.165, 1.54) is 0 Å². The van der Waals surface area contributed by atoms with E-state index >= 15 is 0 Å². The molecule has 0 fully saturated rings. The molecule has 94 valence electrons. The molecule has 3 nitrogen and oxygen atoms in total. The maximum Gasteiger partial charge on any atom is 0.145 e. The summed E-state index contributed by atoms with van der Waals surface area (Å²) in [5.41, 5.74) is 3.02. The lowest BCUT2D eigenvalue weighted by molar-refractivity contribution is 0.119. The van der Waals surface area contributed by atoms with Gasteiger partial charge in [-0.15, -0.1) is 0 Å². The summed E-state index contributed by atoms with van der Waals surface area (Å²) in [4.78, 5) is 4.38. The Labute approximate surface area is 107 Å². The van der Waals surface area contributed by atoms with Crippen LogP contribution in [0.15, 0.2) is 42.6 Å². The first-order valence-electron chi connectivity index (χ1n) is 5.88. The summed E-state index contributed by atoms with van der Waals surface area (Å²) in [6.07, 6.45) is 1.84. The zero-order valence-electron chi connectivity index (χ0n) is 10.9. The third-order valence-electron chi connectivity index (χ3n) is 2.97. The zero-order valence-corrected chi connectivity index (χ0v) is 10.9. The highest BCUT2D eigenvalue weighted by Gasteiger charge is 2.09. The van der Waals surface area contributed by atoms with E-state index in [1.54, 1.807) is 20.4 Å². The first-order chi connectivity index (χ1) is 8.76. The van der Waals surface area contributed by atoms with Crippen LogP contribution in [0.1, 0.15) is 18.6 Å². The maximum absolute atomic E-state index is 5.33. The SMILES string of the molecule is COc1cccnc1-c1cccc(C(C)OC)c1. The number of ether oxygens (including phenoxy) is 2. The molecule has 2 aromatic rings. The number of hydrogen-bond donors (Lipinski definition) is 0. The number of methoxy groups -OCH3 is 2. The second-order valence-corrected chi connectivity index (χ2v) is 4.06. The normalized spacial score (nSPS) is 12.2. The van der Waals surface area contributed by atoms with Crippen LogP contribution >= 0.6 is 0 Å². The van der Waals surface area contributed by atoms with E-state index in [0.29, 0.717) is 0 Å². The van der Waals surface area contributed by atoms with Gasteiger partial charge in [-0.1, -0.05) is 18.2 Å². The van der Waals surface area contributed by atoms with Crippen LogP contribution in [0.3, 0.4) is 0 Å². The average molecular weight is 243 g/mol. The Morgan fingerprint density at radius 2 is 1.94 bits per heavy atom. The smallest absolute Gasteiger partial charge is 0.145 e. The van der Waals surface area contributed by atoms with Crippen molar-refractivity contribution in [3.63, 3.8) is 0 Å². The molecule has 0 N–H and O–H groups in total. The molecule has 0 amide bonds. The quantitative estimate of drug-likeness (QED) is 0.824. The molecule has 2 rings (SSSR count). The van der Waals surface area contributed by atoms with Crippen LogP contribution in [0.2, 0.25) is 0 Å². The molecular weight excluding hydrogens is 226 g/mol. The van der Waals surface area contributed by atoms with E-state index in [9.17, 15) is 0 Å². The number of hydrogen-bond acceptors (Lipinski definition) is 3. The fourth-order valence-corrected chi connectivity index (χ4v) is 1.85. The van der Waals surface area contributed by atoms with Crippen LogP contribution < -0.4 is 4.74 Å². The Hall–Kier alpha value is -1.87. The summed E-state index contributed by atoms with van der Waals surface area (Å²) in [6, 6.07) is 11.9. The largest absolute Gasteiger partial charge is 0.494 e. The highest BCUT2D eigenvalue weighted by Crippen LogP contribution is 2.29. The van der Waals surface area contributed by atoms with Gasteiger partial charge in [0.15, 0.2) is 0 Å². The van der Waals surface area contributed by atoms with Gasteiger partial charge < -0.3 is 9.47 Å². The maximum atomic E-state index is 5.33. The van der Waals surface area contributed by atoms with Crippen molar-refractivity contribution >= 4 is 0 Å². The van der Waals surface area contributed by atoms with Crippen LogP contribution in [-0.2, 0) is 4.74 Å². The Balaban J connectivity index is 2.44. The standard InChI is InChI=1S/C15H17NO2/c1-11(17-2)12-6-4-7-13(10-12)15-14(18-3)8-5-9-16-15/h4-11H,1-3H3. The van der Waals surface area contributed by atoms with Gasteiger partial charge in [0.25, 0.3) is 0 Å². The molecule has 0 bridgehead atoms. The molecule has 1 heterocycles. The molecule has 0 aliphatic heterocycles. The molecule has 1 aromatic carbocycles. The molecular formula is C15H17NO2. The predicted octanol–water partition coefficient (Wildman–Crippen LogP) is 3.46. The van der Waals surface area contributed by atoms with Crippen molar-refractivity contribution in [1.29, 1.82) is 0 Å². The van der Waals surface area contributed by atoms with E-state index in [-0.39, 0.29) is 6.10 Å². The molecule has 0 saturated carbocycles. The van der Waals surface area contributed by atoms with E-state index in [2.05, 4.69) is 11.1 Å². The van der Waals surface area contributed by atoms with Crippen molar-refractivity contribution in [3.8, 4) is 17.0 Å². The predicted molar refractivity (Wildman–Crippen MR) is 71.6 cm³/mol. The van der Waals surface area contributed by atoms with Crippen molar-refractivity contribution in [1.82, 2.24) is 4.98 Å². The second kappa shape index (κ2) is 5.65. The zero-order chi connectivity index (χ0) is 13.0. The number of aromatic nitrogens is 1. The number of nitrogens with zero attached hydrogens (tertiary/aromatic N) is 1. The molecule has 3 heteroatoms. The molecule has 1 aromatic heterocycles. The number of pyridine rings is 1. The lowest BCUT2D eigenvalue weighted by atomic mass is 10.0. The Morgan fingerprint density at radius 3 is 2.67 bits per heavy atom. The highest BCUT2D eigenvalue weighted by molar-refractivity contribution is 5.66. The van der Waals surface area contributed by atoms with E-state index in [4.69, 9.17) is 9.47 Å². The van der Waals surface area contributed by atoms with Gasteiger partial charge in [0.2, 0.25) is 0 Å². The highest BCUT2D eigenvalue weighted by atomic mass is 16.5. The van der Waals surface area contributed by atoms with Crippen molar-refractivity contribution in [2.45, 2.75) is 13.0 Å². The minimum Gasteiger partial charge on any atom is -0.494 e. The first-order valence-corrected chi connectivity index (χ1v) is 5.88. The van der Waals surface area contributed by atoms with Crippen molar-refractivity contribution < 1.29 is 9.47 Å². The third-order valence-corrected chi connectivity index (χ3v) is 2.97. The third kappa shape index (κ3) is 2.51. The van der Waals surface area contributed by atoms with Crippen LogP contribution in [0.5, 0.6) is 5.75 Å². The monoisotopic (exact) mass is 243 g/mol. The van der Waals surface area contributed by atoms with Gasteiger partial charge in [0.1, 0.15) is 11.4 Å². The molecule has 1 atom stereocenters. The number of benzene rings is 1. The van der Waals surface area contributed by atoms with Crippen LogP contribution in [0.4, 0.5) is 0 Å². The molecule has 0 radical (unpaired) electrons. The average Bonchev–Trinajstić information content (AvgIpc) is 2.46. The molecule has 0 spiro atoms. The minimum absolute atomic E-state index is 0.0691. The van der Waals surface area contributed by atoms with Gasteiger partial charge in [-0.05, 0) is 30.7 Å². The summed E-state index contributed by atoms with van der Waals surface area (Å²) < 4.78 is 10.7. The topological polar surface area (TPSA) is 31.4 Å². The first kappa shape index (κ1) is 12.6. The van der Waals surface area contributed by atoms with Gasteiger partial charge in [0, 0.05) is 18.9 Å². The van der Waals surface area contributed by atoms with Gasteiger partial charge in [-0.25, -0.2) is 0 Å². The van der Waals surface area contributed by atoms with Gasteiger partial charge in [0.05, 0.1) is 13.2 Å². The summed E-state index contributed by atoms with van der Waals surface area (Å²) in [5.74, 6) is 0.778. The van der Waals surface area contributed by atoms with E-state index in [0.717, 1.165) is 22.6 Å². The Morgan fingerprint density at radius 1 is 1.11 bits per heavy atom. The van der Waals surface area contributed by atoms with Crippen LogP contribution in [0.25, 0.3) is 11.3 Å². The Bertz CT molecular complexity index is 525. The fraction of sp³-hybridized carbons (Fsp3) is 0.267. The van der Waals surface area contributed by atoms with Gasteiger partial charge >= 0.3 is 0 Å². The Kier molecular flexibility index (Phi) is 3.95. The minimum atomic E-state index is 0.0691. The summed E-state index contributed by atoms with van der Waals surface area (Å²) >= 11 is 0. The van der Waals surface area contributed by atoms with Gasteiger partial charge in [-0.2, -0.15) is 0 Å². The summed E-state index contributed by atoms with van der Waals surface area (Å²) in [7, 11) is 3.36. The number of rotatable bonds is 4. The van der Waals surface area contributed by atoms with E-state index < -0.39 is 0 Å². The lowest BCUT2D eigenvalue weighted by Crippen LogP contribution is -1.97. The van der Waals surface area contributed by atoms with Crippen molar-refractivity contribution in [3.05, 3.63) is 48.2 Å². The fourth-order valence-electron chi connectivity index (χ4n) is 1.85. The molecule has 0 aliphatic rings. The molecule has 1 unspecified atom stereocenters. The van der Waals surface area contributed by atoms with Crippen LogP contribution in [-0.4, -0.2) is 19.2 Å². The second-order valence-electron chi connectivity index (χ2n) is 4.06. The van der Waals surface area contributed by atoms with E-state index in [1.807, 2.05) is 37.3 Å².